The van der Waals surface area contributed by atoms with Crippen molar-refractivity contribution in [1.82, 2.24) is 0 Å². The molecule has 2 aromatic carbocycles. The van der Waals surface area contributed by atoms with Gasteiger partial charge in [0.05, 0.1) is 8.95 Å². The standard InChI is InChI=1S/C18H19Br2NO/c1-4-8-22-18-15(19)9-14(10-16(18)20)11-21-17-7-5-6-12(2)13(17)3/h4-7,9-10,21H,1,8,11H2,2-3H3. The minimum Gasteiger partial charge on any atom is -0.487 e. The van der Waals surface area contributed by atoms with Crippen LogP contribution in [0.3, 0.4) is 0 Å². The number of halogens is 2. The van der Waals surface area contributed by atoms with Gasteiger partial charge in [-0.15, -0.1) is 0 Å². The van der Waals surface area contributed by atoms with Crippen LogP contribution < -0.4 is 10.1 Å². The van der Waals surface area contributed by atoms with Gasteiger partial charge in [0.1, 0.15) is 12.4 Å². The highest BCUT2D eigenvalue weighted by Crippen LogP contribution is 2.35. The fourth-order valence-electron chi connectivity index (χ4n) is 2.13. The second-order valence-electron chi connectivity index (χ2n) is 5.09. The minimum atomic E-state index is 0.483. The number of hydrogen-bond acceptors (Lipinski definition) is 2. The van der Waals surface area contributed by atoms with Crippen LogP contribution in [0.15, 0.2) is 51.9 Å². The molecule has 0 spiro atoms. The normalized spacial score (nSPS) is 10.4. The van der Waals surface area contributed by atoms with Gasteiger partial charge in [0.2, 0.25) is 0 Å². The Labute approximate surface area is 148 Å². The highest BCUT2D eigenvalue weighted by Gasteiger charge is 2.09. The molecule has 0 unspecified atom stereocenters. The van der Waals surface area contributed by atoms with Crippen LogP contribution in [0, 0.1) is 13.8 Å². The van der Waals surface area contributed by atoms with Crippen LogP contribution in [0.4, 0.5) is 5.69 Å². The van der Waals surface area contributed by atoms with E-state index in [1.807, 2.05) is 0 Å². The van der Waals surface area contributed by atoms with Crippen LogP contribution in [0.25, 0.3) is 0 Å². The first-order chi connectivity index (χ1) is 10.5. The number of hydrogen-bond donors (Lipinski definition) is 1. The lowest BCUT2D eigenvalue weighted by Crippen LogP contribution is -2.03. The maximum atomic E-state index is 5.64. The van der Waals surface area contributed by atoms with Crippen molar-refractivity contribution in [1.29, 1.82) is 0 Å². The Kier molecular flexibility index (Phi) is 6.09. The summed E-state index contributed by atoms with van der Waals surface area (Å²) in [5.41, 5.74) is 4.91. The van der Waals surface area contributed by atoms with Crippen molar-refractivity contribution >= 4 is 37.5 Å². The number of ether oxygens (including phenoxy) is 1. The second-order valence-corrected chi connectivity index (χ2v) is 6.80. The molecule has 0 fully saturated rings. The number of aryl methyl sites for hydroxylation is 1. The number of nitrogens with one attached hydrogen (secondary N) is 1. The molecule has 22 heavy (non-hydrogen) atoms. The Balaban J connectivity index is 2.13. The first-order valence-corrected chi connectivity index (χ1v) is 8.63. The molecule has 0 aromatic heterocycles. The molecule has 0 aliphatic rings. The van der Waals surface area contributed by atoms with E-state index in [1.165, 1.54) is 22.4 Å². The van der Waals surface area contributed by atoms with Crippen molar-refractivity contribution in [2.45, 2.75) is 20.4 Å². The van der Waals surface area contributed by atoms with Gasteiger partial charge in [-0.1, -0.05) is 24.8 Å². The van der Waals surface area contributed by atoms with E-state index in [0.29, 0.717) is 6.61 Å². The van der Waals surface area contributed by atoms with Gasteiger partial charge in [-0.2, -0.15) is 0 Å². The summed E-state index contributed by atoms with van der Waals surface area (Å²) in [5, 5.41) is 3.49. The van der Waals surface area contributed by atoms with Crippen molar-refractivity contribution < 1.29 is 4.74 Å². The summed E-state index contributed by atoms with van der Waals surface area (Å²) in [7, 11) is 0. The van der Waals surface area contributed by atoms with E-state index in [-0.39, 0.29) is 0 Å². The lowest BCUT2D eigenvalue weighted by atomic mass is 10.1. The third-order valence-electron chi connectivity index (χ3n) is 3.49. The summed E-state index contributed by atoms with van der Waals surface area (Å²) in [4.78, 5) is 0. The molecule has 0 radical (unpaired) electrons. The highest BCUT2D eigenvalue weighted by molar-refractivity contribution is 9.11. The zero-order valence-corrected chi connectivity index (χ0v) is 15.9. The van der Waals surface area contributed by atoms with Gasteiger partial charge >= 0.3 is 0 Å². The van der Waals surface area contributed by atoms with Crippen molar-refractivity contribution in [3.8, 4) is 5.75 Å². The Morgan fingerprint density at radius 1 is 1.18 bits per heavy atom. The van der Waals surface area contributed by atoms with E-state index in [2.05, 4.69) is 87.9 Å². The average molecular weight is 425 g/mol. The number of benzene rings is 2. The van der Waals surface area contributed by atoms with Gasteiger partial charge < -0.3 is 10.1 Å². The summed E-state index contributed by atoms with van der Waals surface area (Å²) in [6.45, 7) is 9.16. The third kappa shape index (κ3) is 4.14. The molecule has 2 aromatic rings. The van der Waals surface area contributed by atoms with Gasteiger partial charge in [-0.05, 0) is 80.6 Å². The topological polar surface area (TPSA) is 21.3 Å². The van der Waals surface area contributed by atoms with E-state index in [1.54, 1.807) is 6.08 Å². The fourth-order valence-corrected chi connectivity index (χ4v) is 3.64. The Morgan fingerprint density at radius 3 is 2.50 bits per heavy atom. The quantitative estimate of drug-likeness (QED) is 0.573. The van der Waals surface area contributed by atoms with Gasteiger partial charge in [0.25, 0.3) is 0 Å². The van der Waals surface area contributed by atoms with E-state index < -0.39 is 0 Å². The summed E-state index contributed by atoms with van der Waals surface area (Å²) in [6.07, 6.45) is 1.73. The molecule has 1 N–H and O–H groups in total. The predicted octanol–water partition coefficient (Wildman–Crippen LogP) is 6.01. The van der Waals surface area contributed by atoms with E-state index in [9.17, 15) is 0 Å². The molecule has 0 aliphatic heterocycles. The SMILES string of the molecule is C=CCOc1c(Br)cc(CNc2cccc(C)c2C)cc1Br. The molecule has 2 rings (SSSR count). The summed E-state index contributed by atoms with van der Waals surface area (Å²) in [6, 6.07) is 10.4. The van der Waals surface area contributed by atoms with E-state index in [4.69, 9.17) is 4.74 Å². The zero-order chi connectivity index (χ0) is 16.1. The van der Waals surface area contributed by atoms with Crippen molar-refractivity contribution in [2.24, 2.45) is 0 Å². The lowest BCUT2D eigenvalue weighted by molar-refractivity contribution is 0.358. The van der Waals surface area contributed by atoms with Crippen LogP contribution in [0.2, 0.25) is 0 Å². The molecule has 0 bridgehead atoms. The smallest absolute Gasteiger partial charge is 0.148 e. The van der Waals surface area contributed by atoms with Gasteiger partial charge in [-0.3, -0.25) is 0 Å². The molecule has 0 aliphatic carbocycles. The number of anilines is 1. The monoisotopic (exact) mass is 423 g/mol. The molecular weight excluding hydrogens is 406 g/mol. The van der Waals surface area contributed by atoms with Gasteiger partial charge in [0, 0.05) is 12.2 Å². The molecule has 0 heterocycles. The highest BCUT2D eigenvalue weighted by atomic mass is 79.9. The van der Waals surface area contributed by atoms with Crippen molar-refractivity contribution in [3.05, 3.63) is 68.6 Å². The molecular formula is C18H19Br2NO. The van der Waals surface area contributed by atoms with Crippen LogP contribution in [-0.2, 0) is 6.54 Å². The lowest BCUT2D eigenvalue weighted by Gasteiger charge is -2.14. The zero-order valence-electron chi connectivity index (χ0n) is 12.7. The second kappa shape index (κ2) is 7.84. The summed E-state index contributed by atoms with van der Waals surface area (Å²) < 4.78 is 7.50. The maximum absolute atomic E-state index is 5.64. The first kappa shape index (κ1) is 17.1. The molecule has 0 atom stereocenters. The molecule has 2 nitrogen and oxygen atoms in total. The van der Waals surface area contributed by atoms with Crippen molar-refractivity contribution in [2.75, 3.05) is 11.9 Å². The van der Waals surface area contributed by atoms with Crippen LogP contribution >= 0.6 is 31.9 Å². The molecule has 0 saturated carbocycles. The van der Waals surface area contributed by atoms with Crippen LogP contribution in [-0.4, -0.2) is 6.61 Å². The Morgan fingerprint density at radius 2 is 1.86 bits per heavy atom. The average Bonchev–Trinajstić information content (AvgIpc) is 2.48. The van der Waals surface area contributed by atoms with E-state index >= 15 is 0 Å². The summed E-state index contributed by atoms with van der Waals surface area (Å²) >= 11 is 7.13. The van der Waals surface area contributed by atoms with Crippen molar-refractivity contribution in [3.63, 3.8) is 0 Å². The van der Waals surface area contributed by atoms with E-state index in [0.717, 1.165) is 21.2 Å². The van der Waals surface area contributed by atoms with Crippen LogP contribution in [0.1, 0.15) is 16.7 Å². The molecule has 116 valence electrons. The van der Waals surface area contributed by atoms with Gasteiger partial charge in [0.15, 0.2) is 0 Å². The Hall–Kier alpha value is -1.26. The maximum Gasteiger partial charge on any atom is 0.148 e. The number of rotatable bonds is 6. The molecule has 0 amide bonds. The molecule has 4 heteroatoms. The molecule has 0 saturated heterocycles. The summed E-state index contributed by atoms with van der Waals surface area (Å²) in [5.74, 6) is 0.801. The minimum absolute atomic E-state index is 0.483. The van der Waals surface area contributed by atoms with Gasteiger partial charge in [-0.25, -0.2) is 0 Å². The fraction of sp³-hybridized carbons (Fsp3) is 0.222. The van der Waals surface area contributed by atoms with Crippen LogP contribution in [0.5, 0.6) is 5.75 Å². The Bertz CT molecular complexity index is 660. The first-order valence-electron chi connectivity index (χ1n) is 7.04. The third-order valence-corrected chi connectivity index (χ3v) is 4.67. The predicted molar refractivity (Wildman–Crippen MR) is 101 cm³/mol. The largest absolute Gasteiger partial charge is 0.487 e.